The first kappa shape index (κ1) is 15.1. The first-order chi connectivity index (χ1) is 9.84. The molecule has 0 spiro atoms. The molecule has 0 saturated carbocycles. The number of aromatic nitrogens is 2. The van der Waals surface area contributed by atoms with E-state index in [4.69, 9.17) is 11.6 Å². The number of carbonyl (C=O) groups is 2. The largest absolute Gasteiger partial charge is 0.479 e. The van der Waals surface area contributed by atoms with Gasteiger partial charge in [-0.25, -0.2) is 4.79 Å². The van der Waals surface area contributed by atoms with Crippen molar-refractivity contribution in [3.63, 3.8) is 0 Å². The summed E-state index contributed by atoms with van der Waals surface area (Å²) in [6.07, 6.45) is 1.46. The van der Waals surface area contributed by atoms with E-state index in [-0.39, 0.29) is 5.69 Å². The summed E-state index contributed by atoms with van der Waals surface area (Å²) in [6, 6.07) is 7.89. The third-order valence-corrected chi connectivity index (χ3v) is 3.48. The maximum Gasteiger partial charge on any atom is 0.333 e. The normalized spacial score (nSPS) is 13.5. The zero-order chi connectivity index (χ0) is 15.6. The lowest BCUT2D eigenvalue weighted by Gasteiger charge is -2.27. The average Bonchev–Trinajstić information content (AvgIpc) is 2.84. The van der Waals surface area contributed by atoms with Gasteiger partial charge in [0.1, 0.15) is 5.69 Å². The van der Waals surface area contributed by atoms with Crippen molar-refractivity contribution in [2.24, 2.45) is 7.05 Å². The Labute approximate surface area is 126 Å². The monoisotopic (exact) mass is 307 g/mol. The zero-order valence-corrected chi connectivity index (χ0v) is 12.3. The summed E-state index contributed by atoms with van der Waals surface area (Å²) >= 11 is 5.90. The molecule has 0 aliphatic rings. The molecular weight excluding hydrogens is 294 g/mol. The molecular formula is C14H14ClN3O3. The molecule has 21 heavy (non-hydrogen) atoms. The number of amides is 1. The van der Waals surface area contributed by atoms with Crippen molar-refractivity contribution in [1.29, 1.82) is 0 Å². The van der Waals surface area contributed by atoms with E-state index in [1.165, 1.54) is 29.9 Å². The van der Waals surface area contributed by atoms with Crippen molar-refractivity contribution < 1.29 is 14.7 Å². The molecule has 1 unspecified atom stereocenters. The van der Waals surface area contributed by atoms with Gasteiger partial charge < -0.3 is 10.4 Å². The summed E-state index contributed by atoms with van der Waals surface area (Å²) in [5.74, 6) is -1.71. The molecule has 110 valence electrons. The Morgan fingerprint density at radius 3 is 2.62 bits per heavy atom. The predicted octanol–water partition coefficient (Wildman–Crippen LogP) is 1.80. The van der Waals surface area contributed by atoms with Crippen LogP contribution >= 0.6 is 11.6 Å². The molecule has 2 rings (SSSR count). The molecule has 2 N–H and O–H groups in total. The molecule has 6 nitrogen and oxygen atoms in total. The SMILES string of the molecule is Cn1nccc1C(=O)NC(C)(C(=O)O)c1cccc(Cl)c1. The van der Waals surface area contributed by atoms with Crippen LogP contribution in [0.4, 0.5) is 0 Å². The molecule has 7 heteroatoms. The van der Waals surface area contributed by atoms with Crippen LogP contribution in [-0.4, -0.2) is 26.8 Å². The van der Waals surface area contributed by atoms with E-state index in [2.05, 4.69) is 10.4 Å². The molecule has 1 atom stereocenters. The van der Waals surface area contributed by atoms with E-state index in [9.17, 15) is 14.7 Å². The number of nitrogens with zero attached hydrogens (tertiary/aromatic N) is 2. The maximum atomic E-state index is 12.2. The van der Waals surface area contributed by atoms with Gasteiger partial charge in [-0.15, -0.1) is 0 Å². The molecule has 0 aliphatic carbocycles. The summed E-state index contributed by atoms with van der Waals surface area (Å²) in [7, 11) is 1.60. The zero-order valence-electron chi connectivity index (χ0n) is 11.5. The molecule has 0 aliphatic heterocycles. The van der Waals surface area contributed by atoms with Crippen molar-refractivity contribution >= 4 is 23.5 Å². The van der Waals surface area contributed by atoms with Crippen LogP contribution < -0.4 is 5.32 Å². The van der Waals surface area contributed by atoms with Gasteiger partial charge in [0.15, 0.2) is 5.54 Å². The molecule has 0 fully saturated rings. The van der Waals surface area contributed by atoms with Crippen LogP contribution in [0.3, 0.4) is 0 Å². The van der Waals surface area contributed by atoms with Crippen LogP contribution in [0.15, 0.2) is 36.5 Å². The molecule has 1 amide bonds. The molecule has 1 aromatic carbocycles. The summed E-state index contributed by atoms with van der Waals surface area (Å²) < 4.78 is 1.37. The number of halogens is 1. The van der Waals surface area contributed by atoms with E-state index >= 15 is 0 Å². The van der Waals surface area contributed by atoms with Crippen molar-refractivity contribution in [2.45, 2.75) is 12.5 Å². The first-order valence-corrected chi connectivity index (χ1v) is 6.52. The minimum absolute atomic E-state index is 0.268. The average molecular weight is 308 g/mol. The Balaban J connectivity index is 2.38. The number of rotatable bonds is 4. The molecule has 0 radical (unpaired) electrons. The van der Waals surface area contributed by atoms with Crippen LogP contribution in [0.5, 0.6) is 0 Å². The fraction of sp³-hybridized carbons (Fsp3) is 0.214. The predicted molar refractivity (Wildman–Crippen MR) is 77.1 cm³/mol. The second kappa shape index (κ2) is 5.57. The Kier molecular flexibility index (Phi) is 3.99. The van der Waals surface area contributed by atoms with Crippen LogP contribution in [0.2, 0.25) is 5.02 Å². The van der Waals surface area contributed by atoms with E-state index in [0.717, 1.165) is 0 Å². The van der Waals surface area contributed by atoms with Gasteiger partial charge in [-0.2, -0.15) is 5.10 Å². The number of hydrogen-bond donors (Lipinski definition) is 2. The topological polar surface area (TPSA) is 84.2 Å². The Morgan fingerprint density at radius 2 is 2.10 bits per heavy atom. The summed E-state index contributed by atoms with van der Waals surface area (Å²) in [4.78, 5) is 23.9. The number of carbonyl (C=O) groups excluding carboxylic acids is 1. The fourth-order valence-corrected chi connectivity index (χ4v) is 2.13. The van der Waals surface area contributed by atoms with Crippen molar-refractivity contribution in [3.8, 4) is 0 Å². The van der Waals surface area contributed by atoms with Gasteiger partial charge >= 0.3 is 5.97 Å². The molecule has 1 heterocycles. The Bertz CT molecular complexity index is 698. The van der Waals surface area contributed by atoms with E-state index < -0.39 is 17.4 Å². The van der Waals surface area contributed by atoms with E-state index in [1.54, 1.807) is 25.2 Å². The van der Waals surface area contributed by atoms with Crippen LogP contribution in [-0.2, 0) is 17.4 Å². The van der Waals surface area contributed by atoms with Gasteiger partial charge in [0.25, 0.3) is 5.91 Å². The third-order valence-electron chi connectivity index (χ3n) is 3.25. The fourth-order valence-electron chi connectivity index (χ4n) is 1.94. The summed E-state index contributed by atoms with van der Waals surface area (Å²) in [6.45, 7) is 1.41. The van der Waals surface area contributed by atoms with Gasteiger partial charge in [-0.05, 0) is 30.7 Å². The number of carboxylic acids is 1. The lowest BCUT2D eigenvalue weighted by molar-refractivity contribution is -0.144. The standard InChI is InChI=1S/C14H14ClN3O3/c1-14(13(20)21,9-4-3-5-10(15)8-9)17-12(19)11-6-7-16-18(11)2/h3-8H,1-2H3,(H,17,19)(H,20,21). The van der Waals surface area contributed by atoms with Crippen LogP contribution in [0, 0.1) is 0 Å². The van der Waals surface area contributed by atoms with Gasteiger partial charge in [0, 0.05) is 18.3 Å². The second-order valence-electron chi connectivity index (χ2n) is 4.73. The Morgan fingerprint density at radius 1 is 1.38 bits per heavy atom. The Hall–Kier alpha value is -2.34. The lowest BCUT2D eigenvalue weighted by Crippen LogP contribution is -2.50. The molecule has 0 saturated heterocycles. The highest BCUT2D eigenvalue weighted by atomic mass is 35.5. The minimum atomic E-state index is -1.59. The molecule has 2 aromatic rings. The number of nitrogens with one attached hydrogen (secondary N) is 1. The van der Waals surface area contributed by atoms with Gasteiger partial charge in [-0.1, -0.05) is 23.7 Å². The first-order valence-electron chi connectivity index (χ1n) is 6.14. The summed E-state index contributed by atoms with van der Waals surface area (Å²) in [5, 5.41) is 16.3. The quantitative estimate of drug-likeness (QED) is 0.902. The smallest absolute Gasteiger partial charge is 0.333 e. The maximum absolute atomic E-state index is 12.2. The minimum Gasteiger partial charge on any atom is -0.479 e. The van der Waals surface area contributed by atoms with E-state index in [0.29, 0.717) is 10.6 Å². The van der Waals surface area contributed by atoms with Crippen molar-refractivity contribution in [2.75, 3.05) is 0 Å². The highest BCUT2D eigenvalue weighted by Gasteiger charge is 2.37. The summed E-state index contributed by atoms with van der Waals surface area (Å²) in [5.41, 5.74) is -0.936. The number of aliphatic carboxylic acids is 1. The highest BCUT2D eigenvalue weighted by molar-refractivity contribution is 6.30. The number of aryl methyl sites for hydroxylation is 1. The van der Waals surface area contributed by atoms with Gasteiger partial charge in [0.05, 0.1) is 0 Å². The van der Waals surface area contributed by atoms with Gasteiger partial charge in [-0.3, -0.25) is 9.48 Å². The van der Waals surface area contributed by atoms with Crippen LogP contribution in [0.1, 0.15) is 23.0 Å². The van der Waals surface area contributed by atoms with Crippen LogP contribution in [0.25, 0.3) is 0 Å². The number of benzene rings is 1. The lowest BCUT2D eigenvalue weighted by atomic mass is 9.92. The molecule has 1 aromatic heterocycles. The second-order valence-corrected chi connectivity index (χ2v) is 5.17. The van der Waals surface area contributed by atoms with Crippen molar-refractivity contribution in [3.05, 3.63) is 52.8 Å². The molecule has 0 bridgehead atoms. The third kappa shape index (κ3) is 2.90. The number of carboxylic acid groups (broad SMARTS) is 1. The number of hydrogen-bond acceptors (Lipinski definition) is 3. The highest BCUT2D eigenvalue weighted by Crippen LogP contribution is 2.24. The van der Waals surface area contributed by atoms with E-state index in [1.807, 2.05) is 0 Å². The van der Waals surface area contributed by atoms with Gasteiger partial charge in [0.2, 0.25) is 0 Å². The van der Waals surface area contributed by atoms with Crippen molar-refractivity contribution in [1.82, 2.24) is 15.1 Å².